The lowest BCUT2D eigenvalue weighted by molar-refractivity contribution is -0.168. The van der Waals surface area contributed by atoms with Crippen molar-refractivity contribution in [2.75, 3.05) is 18.9 Å². The number of unbranched alkanes of at least 4 members (excludes halogenated alkanes) is 2. The summed E-state index contributed by atoms with van der Waals surface area (Å²) in [5.74, 6) is -1.30. The first-order chi connectivity index (χ1) is 12.0. The number of fused-ring (bicyclic) bond motifs is 1. The maximum Gasteiger partial charge on any atom is 0.234 e. The average Bonchev–Trinajstić information content (AvgIpc) is 3.15. The number of aliphatic hydroxyl groups is 3. The van der Waals surface area contributed by atoms with Crippen LogP contribution in [0.4, 0.5) is 5.82 Å². The molecule has 10 nitrogen and oxygen atoms in total. The van der Waals surface area contributed by atoms with Gasteiger partial charge in [0.25, 0.3) is 0 Å². The van der Waals surface area contributed by atoms with Crippen molar-refractivity contribution in [3.8, 4) is 0 Å². The normalized spacial score (nSPS) is 29.5. The molecular formula is C15H24N6O4. The van der Waals surface area contributed by atoms with E-state index < -0.39 is 30.8 Å². The number of rotatable bonds is 7. The molecule has 25 heavy (non-hydrogen) atoms. The fourth-order valence-electron chi connectivity index (χ4n) is 3.12. The molecule has 10 heteroatoms. The molecule has 138 valence electrons. The molecule has 1 aliphatic rings. The Bertz CT molecular complexity index is 725. The number of nitrogen functional groups attached to an aromatic ring is 1. The van der Waals surface area contributed by atoms with Gasteiger partial charge in [0.05, 0.1) is 6.61 Å². The van der Waals surface area contributed by atoms with E-state index in [0.717, 1.165) is 19.3 Å². The van der Waals surface area contributed by atoms with Gasteiger partial charge in [-0.25, -0.2) is 15.0 Å². The van der Waals surface area contributed by atoms with Crippen LogP contribution >= 0.6 is 0 Å². The number of nitrogens with zero attached hydrogens (tertiary/aromatic N) is 4. The lowest BCUT2D eigenvalue weighted by atomic mass is 10.1. The van der Waals surface area contributed by atoms with Crippen molar-refractivity contribution < 1.29 is 20.1 Å². The van der Waals surface area contributed by atoms with Crippen LogP contribution < -0.4 is 11.1 Å². The lowest BCUT2D eigenvalue weighted by Gasteiger charge is -2.34. The average molecular weight is 352 g/mol. The number of aromatic nitrogens is 4. The van der Waals surface area contributed by atoms with Crippen LogP contribution in [-0.2, 0) is 10.6 Å². The zero-order valence-electron chi connectivity index (χ0n) is 14.0. The topological polar surface area (TPSA) is 152 Å². The van der Waals surface area contributed by atoms with Gasteiger partial charge in [0, 0.05) is 0 Å². The molecular weight excluding hydrogens is 328 g/mol. The summed E-state index contributed by atoms with van der Waals surface area (Å²) < 4.78 is 7.35. The summed E-state index contributed by atoms with van der Waals surface area (Å²) in [4.78, 5) is 12.3. The molecule has 2 aromatic rings. The summed E-state index contributed by atoms with van der Waals surface area (Å²) in [6.45, 7) is 2.20. The summed E-state index contributed by atoms with van der Waals surface area (Å²) in [6, 6.07) is 0. The number of hydrogen-bond acceptors (Lipinski definition) is 9. The highest BCUT2D eigenvalue weighted by Crippen LogP contribution is 2.35. The Hall–Kier alpha value is -1.85. The van der Waals surface area contributed by atoms with Crippen LogP contribution in [-0.4, -0.2) is 66.3 Å². The van der Waals surface area contributed by atoms with E-state index >= 15 is 0 Å². The van der Waals surface area contributed by atoms with Crippen molar-refractivity contribution in [3.05, 3.63) is 12.7 Å². The van der Waals surface area contributed by atoms with Crippen LogP contribution in [0, 0.1) is 0 Å². The summed E-state index contributed by atoms with van der Waals surface area (Å²) in [5.41, 5.74) is 6.56. The molecule has 3 rings (SSSR count). The maximum absolute atomic E-state index is 10.7. The smallest absolute Gasteiger partial charge is 0.234 e. The van der Waals surface area contributed by atoms with Crippen LogP contribution in [0.1, 0.15) is 26.2 Å². The third-order valence-corrected chi connectivity index (χ3v) is 4.49. The van der Waals surface area contributed by atoms with E-state index in [1.54, 1.807) is 0 Å². The van der Waals surface area contributed by atoms with Crippen LogP contribution in [0.5, 0.6) is 0 Å². The molecule has 0 bridgehead atoms. The highest BCUT2D eigenvalue weighted by Gasteiger charge is 2.56. The molecule has 0 radical (unpaired) electrons. The quantitative estimate of drug-likeness (QED) is 0.391. The number of ether oxygens (including phenoxy) is 1. The monoisotopic (exact) mass is 352 g/mol. The zero-order valence-corrected chi connectivity index (χ0v) is 14.0. The van der Waals surface area contributed by atoms with Crippen LogP contribution in [0.15, 0.2) is 12.7 Å². The highest BCUT2D eigenvalue weighted by atomic mass is 16.6. The van der Waals surface area contributed by atoms with Gasteiger partial charge in [0.2, 0.25) is 5.85 Å². The molecule has 4 atom stereocenters. The van der Waals surface area contributed by atoms with Gasteiger partial charge >= 0.3 is 0 Å². The van der Waals surface area contributed by atoms with Crippen molar-refractivity contribution in [2.24, 2.45) is 0 Å². The largest absolute Gasteiger partial charge is 0.394 e. The first-order valence-electron chi connectivity index (χ1n) is 8.39. The van der Waals surface area contributed by atoms with Gasteiger partial charge in [-0.1, -0.05) is 19.8 Å². The minimum atomic E-state index is -1.50. The van der Waals surface area contributed by atoms with Crippen LogP contribution in [0.25, 0.3) is 11.2 Å². The molecule has 2 aromatic heterocycles. The van der Waals surface area contributed by atoms with E-state index in [4.69, 9.17) is 10.5 Å². The van der Waals surface area contributed by atoms with E-state index in [2.05, 4.69) is 27.2 Å². The van der Waals surface area contributed by atoms with Gasteiger partial charge in [-0.3, -0.25) is 9.88 Å². The molecule has 1 aliphatic heterocycles. The minimum Gasteiger partial charge on any atom is -0.394 e. The second-order valence-electron chi connectivity index (χ2n) is 6.15. The fourth-order valence-corrected chi connectivity index (χ4v) is 3.12. The van der Waals surface area contributed by atoms with Crippen molar-refractivity contribution >= 4 is 17.0 Å². The molecule has 1 saturated heterocycles. The summed E-state index contributed by atoms with van der Waals surface area (Å²) in [6.07, 6.45) is 2.09. The number of nitrogens with one attached hydrogen (secondary N) is 1. The molecule has 0 spiro atoms. The fraction of sp³-hybridized carbons (Fsp3) is 0.667. The number of nitrogens with two attached hydrogens (primary N) is 1. The van der Waals surface area contributed by atoms with Crippen molar-refractivity contribution in [1.82, 2.24) is 24.8 Å². The third kappa shape index (κ3) is 2.96. The molecule has 3 heterocycles. The van der Waals surface area contributed by atoms with E-state index in [1.165, 1.54) is 17.2 Å². The van der Waals surface area contributed by atoms with Gasteiger partial charge in [0.15, 0.2) is 11.5 Å². The Balaban J connectivity index is 2.03. The summed E-state index contributed by atoms with van der Waals surface area (Å²) in [5, 5.41) is 33.6. The SMILES string of the molecule is CCCCCN[C@@]1(n2cnc3c(N)ncnc32)O[C@H](CO)[C@@H](O)[C@H]1O. The Morgan fingerprint density at radius 1 is 1.32 bits per heavy atom. The van der Waals surface area contributed by atoms with E-state index in [1.807, 2.05) is 0 Å². The highest BCUT2D eigenvalue weighted by molar-refractivity contribution is 5.81. The number of hydrogen-bond donors (Lipinski definition) is 5. The predicted molar refractivity (Wildman–Crippen MR) is 89.2 cm³/mol. The predicted octanol–water partition coefficient (Wildman–Crippen LogP) is -1.09. The van der Waals surface area contributed by atoms with E-state index in [0.29, 0.717) is 17.7 Å². The van der Waals surface area contributed by atoms with Gasteiger partial charge in [-0.15, -0.1) is 0 Å². The lowest BCUT2D eigenvalue weighted by Crippen LogP contribution is -2.56. The number of imidazole rings is 1. The molecule has 1 fully saturated rings. The maximum atomic E-state index is 10.7. The first kappa shape index (κ1) is 18.0. The number of anilines is 1. The molecule has 0 aliphatic carbocycles. The van der Waals surface area contributed by atoms with Gasteiger partial charge in [-0.2, -0.15) is 0 Å². The molecule has 6 N–H and O–H groups in total. The summed E-state index contributed by atoms with van der Waals surface area (Å²) >= 11 is 0. The summed E-state index contributed by atoms with van der Waals surface area (Å²) in [7, 11) is 0. The third-order valence-electron chi connectivity index (χ3n) is 4.49. The second-order valence-corrected chi connectivity index (χ2v) is 6.15. The molecule has 0 amide bonds. The van der Waals surface area contributed by atoms with Crippen LogP contribution in [0.2, 0.25) is 0 Å². The number of aliphatic hydroxyl groups excluding tert-OH is 3. The Labute approximate surface area is 144 Å². The van der Waals surface area contributed by atoms with Crippen molar-refractivity contribution in [2.45, 2.75) is 50.3 Å². The molecule has 0 unspecified atom stereocenters. The van der Waals surface area contributed by atoms with Crippen LogP contribution in [0.3, 0.4) is 0 Å². The van der Waals surface area contributed by atoms with Gasteiger partial charge in [-0.05, 0) is 13.0 Å². The molecule has 0 aromatic carbocycles. The Morgan fingerprint density at radius 3 is 2.80 bits per heavy atom. The van der Waals surface area contributed by atoms with Crippen molar-refractivity contribution in [1.29, 1.82) is 0 Å². The first-order valence-corrected chi connectivity index (χ1v) is 8.39. The van der Waals surface area contributed by atoms with Gasteiger partial charge < -0.3 is 25.8 Å². The Morgan fingerprint density at radius 2 is 2.12 bits per heavy atom. The zero-order chi connectivity index (χ0) is 18.0. The Kier molecular flexibility index (Phi) is 5.16. The van der Waals surface area contributed by atoms with Gasteiger partial charge in [0.1, 0.15) is 36.5 Å². The molecule has 0 saturated carbocycles. The van der Waals surface area contributed by atoms with Crippen molar-refractivity contribution in [3.63, 3.8) is 0 Å². The second kappa shape index (κ2) is 7.18. The van der Waals surface area contributed by atoms with E-state index in [-0.39, 0.29) is 5.82 Å². The standard InChI is InChI=1S/C15H24N6O4/c1-2-3-4-5-20-15(12(24)11(23)9(6-22)25-15)21-8-19-10-13(16)17-7-18-14(10)21/h7-9,11-12,20,22-24H,2-6H2,1H3,(H2,16,17,18)/t9-,11-,12-,15+/m1/s1. The minimum absolute atomic E-state index is 0.205. The van der Waals surface area contributed by atoms with E-state index in [9.17, 15) is 15.3 Å².